The highest BCUT2D eigenvalue weighted by Crippen LogP contribution is 2.34. The van der Waals surface area contributed by atoms with E-state index in [0.717, 1.165) is 18.8 Å². The van der Waals surface area contributed by atoms with Gasteiger partial charge in [0.2, 0.25) is 5.91 Å². The molecule has 4 nitrogen and oxygen atoms in total. The van der Waals surface area contributed by atoms with Gasteiger partial charge in [-0.2, -0.15) is 0 Å². The largest absolute Gasteiger partial charge is 0.457 e. The monoisotopic (exact) mass is 426 g/mol. The molecule has 6 heteroatoms. The van der Waals surface area contributed by atoms with E-state index >= 15 is 0 Å². The van der Waals surface area contributed by atoms with E-state index < -0.39 is 0 Å². The summed E-state index contributed by atoms with van der Waals surface area (Å²) >= 11 is 12.3. The van der Waals surface area contributed by atoms with Crippen molar-refractivity contribution in [3.63, 3.8) is 0 Å². The van der Waals surface area contributed by atoms with Gasteiger partial charge in [-0.25, -0.2) is 0 Å². The predicted octanol–water partition coefficient (Wildman–Crippen LogP) is 6.51. The maximum atomic E-state index is 12.2. The summed E-state index contributed by atoms with van der Waals surface area (Å²) in [7, 11) is 0. The first kappa shape index (κ1) is 19.6. The number of anilines is 2. The molecule has 1 saturated heterocycles. The second-order valence-electron chi connectivity index (χ2n) is 6.87. The lowest BCUT2D eigenvalue weighted by Gasteiger charge is -2.17. The van der Waals surface area contributed by atoms with Gasteiger partial charge in [-0.3, -0.25) is 4.79 Å². The Hall–Kier alpha value is -2.69. The molecule has 0 radical (unpaired) electrons. The Morgan fingerprint density at radius 1 is 1.00 bits per heavy atom. The Labute approximate surface area is 179 Å². The molecule has 1 N–H and O–H groups in total. The number of nitrogens with one attached hydrogen (secondary N) is 1. The Morgan fingerprint density at radius 3 is 2.52 bits per heavy atom. The van der Waals surface area contributed by atoms with E-state index in [1.165, 1.54) is 24.6 Å². The molecule has 1 aliphatic rings. The number of hydrogen-bond acceptors (Lipinski definition) is 3. The zero-order chi connectivity index (χ0) is 20.2. The zero-order valence-corrected chi connectivity index (χ0v) is 17.2. The third-order valence-corrected chi connectivity index (χ3v) is 5.67. The minimum Gasteiger partial charge on any atom is -0.457 e. The third kappa shape index (κ3) is 4.66. The molecule has 1 amide bonds. The second kappa shape index (κ2) is 8.76. The van der Waals surface area contributed by atoms with Gasteiger partial charge in [0.15, 0.2) is 0 Å². The minimum absolute atomic E-state index is 0.224. The highest BCUT2D eigenvalue weighted by Gasteiger charge is 2.12. The predicted molar refractivity (Wildman–Crippen MR) is 120 cm³/mol. The van der Waals surface area contributed by atoms with E-state index in [1.807, 2.05) is 36.4 Å². The van der Waals surface area contributed by atoms with Crippen molar-refractivity contribution in [1.29, 1.82) is 0 Å². The lowest BCUT2D eigenvalue weighted by Crippen LogP contribution is -2.17. The summed E-state index contributed by atoms with van der Waals surface area (Å²) in [5.74, 6) is 0.920. The van der Waals surface area contributed by atoms with Crippen molar-refractivity contribution < 1.29 is 9.21 Å². The molecular formula is C23H20Cl2N2O2. The molecule has 3 aromatic rings. The molecule has 0 bridgehead atoms. The Morgan fingerprint density at radius 2 is 1.76 bits per heavy atom. The smallest absolute Gasteiger partial charge is 0.248 e. The van der Waals surface area contributed by atoms with Gasteiger partial charge in [0.25, 0.3) is 0 Å². The summed E-state index contributed by atoms with van der Waals surface area (Å²) < 4.78 is 5.76. The van der Waals surface area contributed by atoms with Crippen molar-refractivity contribution in [1.82, 2.24) is 0 Å². The zero-order valence-electron chi connectivity index (χ0n) is 15.7. The van der Waals surface area contributed by atoms with Crippen LogP contribution in [0.2, 0.25) is 10.0 Å². The lowest BCUT2D eigenvalue weighted by atomic mass is 10.2. The molecule has 1 aliphatic heterocycles. The van der Waals surface area contributed by atoms with Gasteiger partial charge in [0.1, 0.15) is 11.5 Å². The summed E-state index contributed by atoms with van der Waals surface area (Å²) in [5.41, 5.74) is 2.66. The van der Waals surface area contributed by atoms with Crippen LogP contribution >= 0.6 is 23.2 Å². The molecule has 2 heterocycles. The summed E-state index contributed by atoms with van der Waals surface area (Å²) in [4.78, 5) is 14.6. The van der Waals surface area contributed by atoms with Gasteiger partial charge in [-0.15, -0.1) is 0 Å². The second-order valence-corrected chi connectivity index (χ2v) is 7.65. The topological polar surface area (TPSA) is 45.5 Å². The van der Waals surface area contributed by atoms with Gasteiger partial charge in [-0.05, 0) is 67.4 Å². The maximum absolute atomic E-state index is 12.2. The first-order valence-electron chi connectivity index (χ1n) is 9.48. The fourth-order valence-corrected chi connectivity index (χ4v) is 3.75. The molecule has 0 aliphatic carbocycles. The fourth-order valence-electron chi connectivity index (χ4n) is 3.35. The highest BCUT2D eigenvalue weighted by molar-refractivity contribution is 6.43. The summed E-state index contributed by atoms with van der Waals surface area (Å²) in [6, 6.07) is 16.9. The van der Waals surface area contributed by atoms with E-state index in [2.05, 4.69) is 10.2 Å². The van der Waals surface area contributed by atoms with Gasteiger partial charge in [-0.1, -0.05) is 29.3 Å². The Kier molecular flexibility index (Phi) is 5.93. The summed E-state index contributed by atoms with van der Waals surface area (Å²) in [6.07, 6.45) is 5.54. The van der Waals surface area contributed by atoms with Crippen LogP contribution in [0.25, 0.3) is 17.4 Å². The van der Waals surface area contributed by atoms with Gasteiger partial charge in [0.05, 0.1) is 10.0 Å². The van der Waals surface area contributed by atoms with Gasteiger partial charge < -0.3 is 14.6 Å². The quantitative estimate of drug-likeness (QED) is 0.473. The molecule has 0 saturated carbocycles. The molecule has 148 valence electrons. The van der Waals surface area contributed by atoms with Crippen molar-refractivity contribution in [3.05, 3.63) is 76.5 Å². The molecule has 2 aromatic carbocycles. The number of carbonyl (C=O) groups excluding carboxylic acids is 1. The minimum atomic E-state index is -0.224. The third-order valence-electron chi connectivity index (χ3n) is 4.85. The van der Waals surface area contributed by atoms with Crippen LogP contribution in [0, 0.1) is 0 Å². The van der Waals surface area contributed by atoms with Crippen LogP contribution in [0.1, 0.15) is 18.6 Å². The van der Waals surface area contributed by atoms with Crippen LogP contribution < -0.4 is 10.2 Å². The number of rotatable bonds is 5. The first-order valence-corrected chi connectivity index (χ1v) is 10.2. The maximum Gasteiger partial charge on any atom is 0.248 e. The van der Waals surface area contributed by atoms with Crippen LogP contribution in [0.3, 0.4) is 0 Å². The van der Waals surface area contributed by atoms with Crippen LogP contribution in [-0.4, -0.2) is 19.0 Å². The SMILES string of the molecule is O=C(C=Cc1ccc(-c2cccc(Cl)c2Cl)o1)Nc1ccc(N2CCCC2)cc1. The molecule has 1 fully saturated rings. The molecule has 1 aromatic heterocycles. The van der Waals surface area contributed by atoms with Gasteiger partial charge in [0, 0.05) is 36.1 Å². The normalized spacial score (nSPS) is 13.9. The Balaban J connectivity index is 1.38. The number of nitrogens with zero attached hydrogens (tertiary/aromatic N) is 1. The summed E-state index contributed by atoms with van der Waals surface area (Å²) in [5, 5.41) is 3.77. The number of amides is 1. The lowest BCUT2D eigenvalue weighted by molar-refractivity contribution is -0.111. The first-order chi connectivity index (χ1) is 14.1. The molecule has 0 atom stereocenters. The van der Waals surface area contributed by atoms with Crippen LogP contribution in [0.4, 0.5) is 11.4 Å². The van der Waals surface area contributed by atoms with E-state index in [4.69, 9.17) is 27.6 Å². The van der Waals surface area contributed by atoms with Crippen LogP contribution in [0.15, 0.2) is 65.1 Å². The molecule has 29 heavy (non-hydrogen) atoms. The van der Waals surface area contributed by atoms with E-state index in [-0.39, 0.29) is 5.91 Å². The van der Waals surface area contributed by atoms with Crippen molar-refractivity contribution in [2.45, 2.75) is 12.8 Å². The highest BCUT2D eigenvalue weighted by atomic mass is 35.5. The molecule has 0 spiro atoms. The van der Waals surface area contributed by atoms with Crippen LogP contribution in [0.5, 0.6) is 0 Å². The number of furan rings is 1. The Bertz CT molecular complexity index is 1040. The van der Waals surface area contributed by atoms with E-state index in [1.54, 1.807) is 24.3 Å². The fraction of sp³-hybridized carbons (Fsp3) is 0.174. The number of benzene rings is 2. The summed E-state index contributed by atoms with van der Waals surface area (Å²) in [6.45, 7) is 2.19. The van der Waals surface area contributed by atoms with Crippen LogP contribution in [-0.2, 0) is 4.79 Å². The average molecular weight is 427 g/mol. The molecule has 4 rings (SSSR count). The van der Waals surface area contributed by atoms with Crippen molar-refractivity contribution in [2.24, 2.45) is 0 Å². The average Bonchev–Trinajstić information content (AvgIpc) is 3.41. The number of hydrogen-bond donors (Lipinski definition) is 1. The standard InChI is InChI=1S/C23H20Cl2N2O2/c24-20-5-3-4-19(23(20)25)21-12-10-18(29-21)11-13-22(28)26-16-6-8-17(9-7-16)27-14-1-2-15-27/h3-13H,1-2,14-15H2,(H,26,28). The van der Waals surface area contributed by atoms with Crippen molar-refractivity contribution in [3.8, 4) is 11.3 Å². The molecular weight excluding hydrogens is 407 g/mol. The van der Waals surface area contributed by atoms with Crippen molar-refractivity contribution in [2.75, 3.05) is 23.3 Å². The van der Waals surface area contributed by atoms with E-state index in [0.29, 0.717) is 27.1 Å². The van der Waals surface area contributed by atoms with Crippen molar-refractivity contribution >= 4 is 46.6 Å². The number of carbonyl (C=O) groups is 1. The molecule has 0 unspecified atom stereocenters. The van der Waals surface area contributed by atoms with Gasteiger partial charge >= 0.3 is 0 Å². The van der Waals surface area contributed by atoms with E-state index in [9.17, 15) is 4.79 Å². The number of halogens is 2.